The predicted molar refractivity (Wildman–Crippen MR) is 108 cm³/mol. The maximum atomic E-state index is 13.6. The smallest absolute Gasteiger partial charge is 0.261 e. The van der Waals surface area contributed by atoms with Gasteiger partial charge in [0.2, 0.25) is 0 Å². The first-order valence-corrected chi connectivity index (χ1v) is 11.8. The van der Waals surface area contributed by atoms with Crippen LogP contribution < -0.4 is 0 Å². The van der Waals surface area contributed by atoms with Crippen molar-refractivity contribution in [3.63, 3.8) is 0 Å². The zero-order chi connectivity index (χ0) is 23.7. The molecule has 0 radical (unpaired) electrons. The molecule has 3 aromatic rings. The summed E-state index contributed by atoms with van der Waals surface area (Å²) >= 11 is 1.11. The van der Waals surface area contributed by atoms with Gasteiger partial charge in [0.15, 0.2) is 0 Å². The van der Waals surface area contributed by atoms with E-state index < -0.39 is 38.4 Å². The average molecular weight is 494 g/mol. The molecule has 0 atom stereocenters. The van der Waals surface area contributed by atoms with Gasteiger partial charge in [-0.25, -0.2) is 13.4 Å². The van der Waals surface area contributed by atoms with Gasteiger partial charge in [0.05, 0.1) is 17.0 Å². The topological polar surface area (TPSA) is 59.9 Å². The number of pyridine rings is 1. The molecule has 1 aromatic carbocycles. The highest BCUT2D eigenvalue weighted by atomic mass is 32.2. The summed E-state index contributed by atoms with van der Waals surface area (Å²) in [6, 6.07) is 5.76. The summed E-state index contributed by atoms with van der Waals surface area (Å²) < 4.78 is 101. The Morgan fingerprint density at radius 1 is 1.03 bits per heavy atom. The molecule has 32 heavy (non-hydrogen) atoms. The highest BCUT2D eigenvalue weighted by Crippen LogP contribution is 2.40. The largest absolute Gasteiger partial charge is 0.497 e. The standard InChI is InChI=1S/C20H16F6N2O2S2/c1-2-3-14-9-13(6-7-27-14)18-28-17(10-31-18)15-5-4-12(8-16(15)19(21,22)23)11-32(29,30)20(24,25)26/h4-10H,2-3,11H2,1H3. The van der Waals surface area contributed by atoms with Crippen LogP contribution in [0.3, 0.4) is 0 Å². The van der Waals surface area contributed by atoms with Crippen molar-refractivity contribution in [2.75, 3.05) is 0 Å². The summed E-state index contributed by atoms with van der Waals surface area (Å²) in [5, 5.41) is 1.86. The molecule has 3 rings (SSSR count). The van der Waals surface area contributed by atoms with Crippen LogP contribution in [0.1, 0.15) is 30.2 Å². The van der Waals surface area contributed by atoms with Gasteiger partial charge in [0, 0.05) is 28.4 Å². The van der Waals surface area contributed by atoms with E-state index in [-0.39, 0.29) is 11.3 Å². The van der Waals surface area contributed by atoms with Crippen LogP contribution in [0.15, 0.2) is 41.9 Å². The number of hydrogen-bond acceptors (Lipinski definition) is 5. The van der Waals surface area contributed by atoms with Crippen LogP contribution in [0.2, 0.25) is 0 Å². The molecule has 0 bridgehead atoms. The molecule has 0 aliphatic carbocycles. The summed E-state index contributed by atoms with van der Waals surface area (Å²) in [6.07, 6.45) is -1.75. The minimum absolute atomic E-state index is 0.0172. The molecule has 12 heteroatoms. The van der Waals surface area contributed by atoms with Gasteiger partial charge in [0.1, 0.15) is 5.01 Å². The Labute approximate surface area is 183 Å². The average Bonchev–Trinajstić information content (AvgIpc) is 3.17. The third-order valence-corrected chi connectivity index (χ3v) is 6.76. The molecule has 0 N–H and O–H groups in total. The Kier molecular flexibility index (Phi) is 6.66. The number of rotatable bonds is 6. The van der Waals surface area contributed by atoms with Crippen LogP contribution in [-0.4, -0.2) is 23.9 Å². The number of halogens is 6. The summed E-state index contributed by atoms with van der Waals surface area (Å²) in [7, 11) is -5.62. The summed E-state index contributed by atoms with van der Waals surface area (Å²) in [5.41, 5.74) is -6.31. The number of benzene rings is 1. The molecule has 0 unspecified atom stereocenters. The Morgan fingerprint density at radius 2 is 1.75 bits per heavy atom. The minimum atomic E-state index is -5.62. The van der Waals surface area contributed by atoms with Gasteiger partial charge in [-0.2, -0.15) is 26.3 Å². The predicted octanol–water partition coefficient (Wildman–Crippen LogP) is 6.28. The molecule has 4 nitrogen and oxygen atoms in total. The van der Waals surface area contributed by atoms with E-state index >= 15 is 0 Å². The SMILES string of the molecule is CCCc1cc(-c2nc(-c3ccc(CS(=O)(=O)C(F)(F)F)cc3C(F)(F)F)cs2)ccn1. The fraction of sp³-hybridized carbons (Fsp3) is 0.300. The Balaban J connectivity index is 2.01. The van der Waals surface area contributed by atoms with Crippen LogP contribution in [0.5, 0.6) is 0 Å². The fourth-order valence-electron chi connectivity index (χ4n) is 2.97. The quantitative estimate of drug-likeness (QED) is 0.379. The van der Waals surface area contributed by atoms with Crippen LogP contribution in [0, 0.1) is 0 Å². The molecule has 0 fully saturated rings. The van der Waals surface area contributed by atoms with Gasteiger partial charge in [0.25, 0.3) is 9.84 Å². The van der Waals surface area contributed by atoms with Gasteiger partial charge < -0.3 is 0 Å². The number of alkyl halides is 6. The molecule has 2 heterocycles. The minimum Gasteiger partial charge on any atom is -0.261 e. The molecule has 0 amide bonds. The molecule has 172 valence electrons. The first-order chi connectivity index (χ1) is 14.8. The Morgan fingerprint density at radius 3 is 2.38 bits per heavy atom. The van der Waals surface area contributed by atoms with Crippen molar-refractivity contribution < 1.29 is 34.8 Å². The van der Waals surface area contributed by atoms with E-state index in [2.05, 4.69) is 9.97 Å². The monoisotopic (exact) mass is 494 g/mol. The van der Waals surface area contributed by atoms with Gasteiger partial charge >= 0.3 is 11.7 Å². The maximum absolute atomic E-state index is 13.6. The van der Waals surface area contributed by atoms with Crippen molar-refractivity contribution in [1.29, 1.82) is 0 Å². The Bertz CT molecular complexity index is 1220. The van der Waals surface area contributed by atoms with E-state index in [1.165, 1.54) is 5.38 Å². The Hall–Kier alpha value is -2.47. The molecule has 2 aromatic heterocycles. The summed E-state index contributed by atoms with van der Waals surface area (Å²) in [4.78, 5) is 8.48. The number of aryl methyl sites for hydroxylation is 1. The molecule has 0 saturated heterocycles. The summed E-state index contributed by atoms with van der Waals surface area (Å²) in [5.74, 6) is -1.58. The normalized spacial score (nSPS) is 12.8. The lowest BCUT2D eigenvalue weighted by Gasteiger charge is -2.14. The molecular weight excluding hydrogens is 478 g/mol. The van der Waals surface area contributed by atoms with Gasteiger partial charge in [-0.3, -0.25) is 4.98 Å². The molecule has 0 spiro atoms. The van der Waals surface area contributed by atoms with E-state index in [1.807, 2.05) is 6.92 Å². The maximum Gasteiger partial charge on any atom is 0.497 e. The van der Waals surface area contributed by atoms with E-state index in [1.54, 1.807) is 18.3 Å². The second kappa shape index (κ2) is 8.81. The zero-order valence-corrected chi connectivity index (χ0v) is 18.1. The second-order valence-corrected chi connectivity index (χ2v) is 9.75. The van der Waals surface area contributed by atoms with Crippen molar-refractivity contribution in [3.8, 4) is 21.8 Å². The number of sulfone groups is 1. The van der Waals surface area contributed by atoms with Crippen molar-refractivity contribution in [3.05, 3.63) is 58.7 Å². The van der Waals surface area contributed by atoms with Gasteiger partial charge in [-0.1, -0.05) is 25.5 Å². The summed E-state index contributed by atoms with van der Waals surface area (Å²) in [6.45, 7) is 1.98. The third-order valence-electron chi connectivity index (χ3n) is 4.45. The molecule has 0 saturated carbocycles. The van der Waals surface area contributed by atoms with Crippen LogP contribution >= 0.6 is 11.3 Å². The number of aromatic nitrogens is 2. The van der Waals surface area contributed by atoms with E-state index in [0.717, 1.165) is 42.0 Å². The second-order valence-electron chi connectivity index (χ2n) is 6.91. The lowest BCUT2D eigenvalue weighted by atomic mass is 10.0. The van der Waals surface area contributed by atoms with Crippen molar-refractivity contribution in [2.45, 2.75) is 37.2 Å². The molecular formula is C20H16F6N2O2S2. The third kappa shape index (κ3) is 5.29. The van der Waals surface area contributed by atoms with Crippen LogP contribution in [0.4, 0.5) is 26.3 Å². The number of nitrogens with zero attached hydrogens (tertiary/aromatic N) is 2. The fourth-order valence-corrected chi connectivity index (χ4v) is 4.57. The number of thiazole rings is 1. The molecule has 0 aliphatic rings. The van der Waals surface area contributed by atoms with Crippen LogP contribution in [0.25, 0.3) is 21.8 Å². The van der Waals surface area contributed by atoms with E-state index in [0.29, 0.717) is 16.6 Å². The molecule has 0 aliphatic heterocycles. The van der Waals surface area contributed by atoms with Gasteiger partial charge in [-0.05, 0) is 30.2 Å². The zero-order valence-electron chi connectivity index (χ0n) is 16.5. The van der Waals surface area contributed by atoms with Crippen molar-refractivity contribution in [2.24, 2.45) is 0 Å². The van der Waals surface area contributed by atoms with E-state index in [9.17, 15) is 34.8 Å². The first kappa shape index (κ1) is 24.2. The lowest BCUT2D eigenvalue weighted by molar-refractivity contribution is -0.137. The highest BCUT2D eigenvalue weighted by Gasteiger charge is 2.45. The highest BCUT2D eigenvalue weighted by molar-refractivity contribution is 7.91. The number of hydrogen-bond donors (Lipinski definition) is 0. The van der Waals surface area contributed by atoms with Gasteiger partial charge in [-0.15, -0.1) is 11.3 Å². The van der Waals surface area contributed by atoms with E-state index in [4.69, 9.17) is 0 Å². The lowest BCUT2D eigenvalue weighted by Crippen LogP contribution is -2.25. The van der Waals surface area contributed by atoms with Crippen molar-refractivity contribution in [1.82, 2.24) is 9.97 Å². The first-order valence-electron chi connectivity index (χ1n) is 9.22. The van der Waals surface area contributed by atoms with Crippen molar-refractivity contribution >= 4 is 21.2 Å². The van der Waals surface area contributed by atoms with Crippen LogP contribution in [-0.2, 0) is 28.2 Å².